The highest BCUT2D eigenvalue weighted by molar-refractivity contribution is 6.12. The van der Waals surface area contributed by atoms with Gasteiger partial charge in [-0.3, -0.25) is 15.2 Å². The van der Waals surface area contributed by atoms with E-state index in [0.717, 1.165) is 32.9 Å². The Hall–Kier alpha value is -3.55. The third-order valence-electron chi connectivity index (χ3n) is 5.29. The number of pyridine rings is 2. The van der Waals surface area contributed by atoms with Crippen LogP contribution in [-0.4, -0.2) is 47.2 Å². The molecule has 7 heteroatoms. The van der Waals surface area contributed by atoms with Crippen molar-refractivity contribution in [1.29, 1.82) is 0 Å². The Balaban J connectivity index is 1.61. The molecule has 0 spiro atoms. The molecular formula is C23H21N5O2. The minimum Gasteiger partial charge on any atom is -0.399 e. The highest BCUT2D eigenvalue weighted by Crippen LogP contribution is 2.32. The maximum atomic E-state index is 12.8. The number of hydrogen-bond donors (Lipinski definition) is 2. The summed E-state index contributed by atoms with van der Waals surface area (Å²) in [5, 5.41) is 4.81. The Labute approximate surface area is 173 Å². The molecule has 1 fully saturated rings. The van der Waals surface area contributed by atoms with Gasteiger partial charge in [-0.1, -0.05) is 18.2 Å². The lowest BCUT2D eigenvalue weighted by Crippen LogP contribution is -2.48. The Bertz CT molecular complexity index is 1250. The number of hydrogen-bond acceptors (Lipinski definition) is 6. The highest BCUT2D eigenvalue weighted by atomic mass is 16.5. The summed E-state index contributed by atoms with van der Waals surface area (Å²) in [6.45, 7) is 2.57. The quantitative estimate of drug-likeness (QED) is 0.406. The van der Waals surface area contributed by atoms with Gasteiger partial charge in [0.05, 0.1) is 24.4 Å². The van der Waals surface area contributed by atoms with Crippen molar-refractivity contribution >= 4 is 33.3 Å². The van der Waals surface area contributed by atoms with Gasteiger partial charge >= 0.3 is 0 Å². The third-order valence-corrected chi connectivity index (χ3v) is 5.29. The summed E-state index contributed by atoms with van der Waals surface area (Å²) >= 11 is 0. The lowest BCUT2D eigenvalue weighted by Gasteiger charge is -2.26. The predicted octanol–water partition coefficient (Wildman–Crippen LogP) is 3.01. The second-order valence-electron chi connectivity index (χ2n) is 7.28. The van der Waals surface area contributed by atoms with E-state index < -0.39 is 0 Å². The maximum absolute atomic E-state index is 12.8. The van der Waals surface area contributed by atoms with E-state index in [1.54, 1.807) is 6.20 Å². The fourth-order valence-corrected chi connectivity index (χ4v) is 3.78. The first kappa shape index (κ1) is 18.5. The molecule has 1 aliphatic rings. The zero-order chi connectivity index (χ0) is 20.5. The fraction of sp³-hybridized carbons (Fsp3) is 0.174. The molecule has 150 valence electrons. The van der Waals surface area contributed by atoms with Crippen molar-refractivity contribution < 1.29 is 9.53 Å². The zero-order valence-electron chi connectivity index (χ0n) is 16.3. The van der Waals surface area contributed by atoms with Gasteiger partial charge in [-0.05, 0) is 30.3 Å². The van der Waals surface area contributed by atoms with Crippen LogP contribution in [0.15, 0.2) is 60.9 Å². The number of nitrogens with zero attached hydrogens (tertiary/aromatic N) is 3. The van der Waals surface area contributed by atoms with Crippen LogP contribution < -0.4 is 11.2 Å². The molecule has 0 radical (unpaired) electrons. The number of anilines is 1. The zero-order valence-corrected chi connectivity index (χ0v) is 16.3. The van der Waals surface area contributed by atoms with E-state index in [0.29, 0.717) is 37.6 Å². The molecule has 7 nitrogen and oxygen atoms in total. The van der Waals surface area contributed by atoms with Crippen molar-refractivity contribution in [2.75, 3.05) is 32.0 Å². The third kappa shape index (κ3) is 3.45. The van der Waals surface area contributed by atoms with E-state index in [2.05, 4.69) is 10.4 Å². The minimum atomic E-state index is -0.155. The molecule has 30 heavy (non-hydrogen) atoms. The van der Waals surface area contributed by atoms with Gasteiger partial charge in [0, 0.05) is 58.5 Å². The smallest absolute Gasteiger partial charge is 0.265 e. The van der Waals surface area contributed by atoms with Crippen molar-refractivity contribution in [3.8, 4) is 11.3 Å². The van der Waals surface area contributed by atoms with E-state index in [4.69, 9.17) is 15.5 Å². The Morgan fingerprint density at radius 1 is 1.03 bits per heavy atom. The number of benzene rings is 2. The molecule has 0 bridgehead atoms. The number of ether oxygens (including phenoxy) is 1. The topological polar surface area (TPSA) is 93.4 Å². The molecule has 1 amide bonds. The lowest BCUT2D eigenvalue weighted by molar-refractivity contribution is 0.0126. The van der Waals surface area contributed by atoms with Crippen molar-refractivity contribution in [3.05, 3.63) is 66.5 Å². The molecule has 1 aliphatic heterocycles. The lowest BCUT2D eigenvalue weighted by atomic mass is 10.0. The fourth-order valence-electron chi connectivity index (χ4n) is 3.78. The Kier molecular flexibility index (Phi) is 4.74. The Morgan fingerprint density at radius 2 is 1.90 bits per heavy atom. The predicted molar refractivity (Wildman–Crippen MR) is 117 cm³/mol. The molecule has 0 atom stereocenters. The monoisotopic (exact) mass is 399 g/mol. The molecule has 1 saturated heterocycles. The van der Waals surface area contributed by atoms with E-state index >= 15 is 0 Å². The van der Waals surface area contributed by atoms with E-state index in [-0.39, 0.29) is 5.91 Å². The average molecular weight is 399 g/mol. The molecule has 0 saturated carbocycles. The largest absolute Gasteiger partial charge is 0.399 e. The van der Waals surface area contributed by atoms with Crippen LogP contribution in [-0.2, 0) is 4.74 Å². The first-order chi connectivity index (χ1) is 14.7. The molecule has 2 aromatic carbocycles. The van der Waals surface area contributed by atoms with E-state index in [9.17, 15) is 4.79 Å². The number of amides is 1. The van der Waals surface area contributed by atoms with Crippen molar-refractivity contribution in [1.82, 2.24) is 20.4 Å². The van der Waals surface area contributed by atoms with Crippen LogP contribution in [0.4, 0.5) is 5.69 Å². The molecule has 2 aromatic heterocycles. The maximum Gasteiger partial charge on any atom is 0.265 e. The van der Waals surface area contributed by atoms with Gasteiger partial charge in [-0.15, -0.1) is 0 Å². The summed E-state index contributed by atoms with van der Waals surface area (Å²) in [7, 11) is 0. The summed E-state index contributed by atoms with van der Waals surface area (Å²) in [4.78, 5) is 22.0. The SMILES string of the molecule is Nc1cccc(-c2nc3cc(C(=O)NN4CCOCC4)ccc3c3cnccc23)c1. The number of fused-ring (bicyclic) bond motifs is 3. The molecular weight excluding hydrogens is 378 g/mol. The summed E-state index contributed by atoms with van der Waals surface area (Å²) in [5.41, 5.74) is 12.7. The van der Waals surface area contributed by atoms with Crippen LogP contribution in [0.1, 0.15) is 10.4 Å². The van der Waals surface area contributed by atoms with Gasteiger partial charge in [-0.2, -0.15) is 0 Å². The number of nitrogens with one attached hydrogen (secondary N) is 1. The van der Waals surface area contributed by atoms with Crippen LogP contribution in [0.25, 0.3) is 32.9 Å². The first-order valence-electron chi connectivity index (χ1n) is 9.86. The number of morpholine rings is 1. The summed E-state index contributed by atoms with van der Waals surface area (Å²) in [6.07, 6.45) is 3.60. The standard InChI is InChI=1S/C23H21N5O2/c24-17-3-1-2-15(12-17)22-19-6-7-25-14-20(19)18-5-4-16(13-21(18)26-22)23(29)27-28-8-10-30-11-9-28/h1-7,12-14H,8-11,24H2,(H,27,29). The molecule has 3 N–H and O–H groups in total. The summed E-state index contributed by atoms with van der Waals surface area (Å²) in [6, 6.07) is 15.2. The van der Waals surface area contributed by atoms with Crippen molar-refractivity contribution in [3.63, 3.8) is 0 Å². The van der Waals surface area contributed by atoms with E-state index in [1.807, 2.05) is 59.7 Å². The number of aromatic nitrogens is 2. The normalized spacial score (nSPS) is 14.8. The number of carbonyl (C=O) groups excluding carboxylic acids is 1. The van der Waals surface area contributed by atoms with Crippen molar-refractivity contribution in [2.24, 2.45) is 0 Å². The van der Waals surface area contributed by atoms with Crippen LogP contribution in [0.2, 0.25) is 0 Å². The molecule has 3 heterocycles. The minimum absolute atomic E-state index is 0.155. The second kappa shape index (κ2) is 7.70. The molecule has 4 aromatic rings. The first-order valence-corrected chi connectivity index (χ1v) is 9.86. The number of rotatable bonds is 3. The van der Waals surface area contributed by atoms with Gasteiger partial charge < -0.3 is 10.5 Å². The van der Waals surface area contributed by atoms with Gasteiger partial charge in [0.1, 0.15) is 0 Å². The van der Waals surface area contributed by atoms with E-state index in [1.165, 1.54) is 0 Å². The Morgan fingerprint density at radius 3 is 2.73 bits per heavy atom. The highest BCUT2D eigenvalue weighted by Gasteiger charge is 2.16. The average Bonchev–Trinajstić information content (AvgIpc) is 2.79. The summed E-state index contributed by atoms with van der Waals surface area (Å²) < 4.78 is 5.33. The number of carbonyl (C=O) groups is 1. The van der Waals surface area contributed by atoms with Gasteiger partial charge in [0.2, 0.25) is 0 Å². The van der Waals surface area contributed by atoms with Gasteiger partial charge in [0.15, 0.2) is 0 Å². The number of nitrogen functional groups attached to an aromatic ring is 1. The molecule has 0 unspecified atom stereocenters. The molecule has 0 aliphatic carbocycles. The van der Waals surface area contributed by atoms with Gasteiger partial charge in [0.25, 0.3) is 5.91 Å². The molecule has 5 rings (SSSR count). The van der Waals surface area contributed by atoms with Crippen LogP contribution in [0.5, 0.6) is 0 Å². The van der Waals surface area contributed by atoms with Crippen LogP contribution in [0.3, 0.4) is 0 Å². The second-order valence-corrected chi connectivity index (χ2v) is 7.28. The number of nitrogens with two attached hydrogens (primary N) is 1. The van der Waals surface area contributed by atoms with Gasteiger partial charge in [-0.25, -0.2) is 9.99 Å². The summed E-state index contributed by atoms with van der Waals surface area (Å²) in [5.74, 6) is -0.155. The van der Waals surface area contributed by atoms with Crippen molar-refractivity contribution in [2.45, 2.75) is 0 Å². The van der Waals surface area contributed by atoms with Crippen LogP contribution in [0, 0.1) is 0 Å². The van der Waals surface area contributed by atoms with Crippen LogP contribution >= 0.6 is 0 Å². The number of hydrazine groups is 1.